The first-order valence-electron chi connectivity index (χ1n) is 8.34. The first-order chi connectivity index (χ1) is 11.7. The number of aliphatic hydroxyl groups excluding tert-OH is 1. The van der Waals surface area contributed by atoms with Crippen molar-refractivity contribution in [2.45, 2.75) is 12.8 Å². The molecule has 1 aliphatic rings. The van der Waals surface area contributed by atoms with Crippen LogP contribution in [0.15, 0.2) is 41.3 Å². The van der Waals surface area contributed by atoms with Gasteiger partial charge in [0.05, 0.1) is 6.61 Å². The normalized spacial score (nSPS) is 15.6. The second-order valence-electron chi connectivity index (χ2n) is 6.02. The Balaban J connectivity index is 1.62. The van der Waals surface area contributed by atoms with Gasteiger partial charge in [-0.3, -0.25) is 4.79 Å². The van der Waals surface area contributed by atoms with E-state index in [0.717, 1.165) is 37.0 Å². The molecule has 0 bridgehead atoms. The summed E-state index contributed by atoms with van der Waals surface area (Å²) in [5.41, 5.74) is 1.64. The van der Waals surface area contributed by atoms with Crippen molar-refractivity contribution in [1.29, 1.82) is 0 Å². The Morgan fingerprint density at radius 1 is 1.42 bits per heavy atom. The molecule has 3 rings (SSSR count). The number of fused-ring (bicyclic) bond motifs is 1. The lowest BCUT2D eigenvalue weighted by molar-refractivity contribution is -0.136. The zero-order valence-electron chi connectivity index (χ0n) is 13.7. The Morgan fingerprint density at radius 2 is 2.17 bits per heavy atom. The number of amides is 1. The molecule has 1 aliphatic heterocycles. The van der Waals surface area contributed by atoms with Crippen LogP contribution >= 0.6 is 0 Å². The number of anilines is 1. The molecule has 0 aliphatic carbocycles. The lowest BCUT2D eigenvalue weighted by Gasteiger charge is -2.33. The zero-order chi connectivity index (χ0) is 16.9. The Morgan fingerprint density at radius 3 is 2.83 bits per heavy atom. The van der Waals surface area contributed by atoms with Gasteiger partial charge in [-0.15, -0.1) is 6.58 Å². The second-order valence-corrected chi connectivity index (χ2v) is 6.02. The number of para-hydroxylation sites is 2. The summed E-state index contributed by atoms with van der Waals surface area (Å²) in [4.78, 5) is 20.9. The van der Waals surface area contributed by atoms with E-state index in [-0.39, 0.29) is 18.4 Å². The highest BCUT2D eigenvalue weighted by Gasteiger charge is 2.29. The van der Waals surface area contributed by atoms with E-state index in [1.54, 1.807) is 11.0 Å². The third kappa shape index (κ3) is 3.43. The van der Waals surface area contributed by atoms with Crippen molar-refractivity contribution in [2.75, 3.05) is 37.7 Å². The summed E-state index contributed by atoms with van der Waals surface area (Å²) in [6, 6.07) is 8.33. The molecular formula is C18H23N3O3. The minimum Gasteiger partial charge on any atom is -0.423 e. The molecule has 0 spiro atoms. The van der Waals surface area contributed by atoms with Gasteiger partial charge in [0, 0.05) is 32.1 Å². The van der Waals surface area contributed by atoms with E-state index in [0.29, 0.717) is 19.1 Å². The molecule has 6 nitrogen and oxygen atoms in total. The Kier molecular flexibility index (Phi) is 5.15. The van der Waals surface area contributed by atoms with Crippen molar-refractivity contribution in [2.24, 2.45) is 5.92 Å². The Hall–Kier alpha value is -2.34. The van der Waals surface area contributed by atoms with Crippen LogP contribution in [0.25, 0.3) is 11.1 Å². The first-order valence-corrected chi connectivity index (χ1v) is 8.34. The number of oxazole rings is 1. The number of rotatable bonds is 6. The molecular weight excluding hydrogens is 306 g/mol. The highest BCUT2D eigenvalue weighted by molar-refractivity contribution is 5.79. The molecule has 1 N–H and O–H groups in total. The van der Waals surface area contributed by atoms with Crippen molar-refractivity contribution in [3.8, 4) is 0 Å². The maximum absolute atomic E-state index is 12.6. The number of piperidine rings is 1. The minimum absolute atomic E-state index is 0.0165. The van der Waals surface area contributed by atoms with Crippen molar-refractivity contribution in [3.63, 3.8) is 0 Å². The summed E-state index contributed by atoms with van der Waals surface area (Å²) >= 11 is 0. The maximum Gasteiger partial charge on any atom is 0.298 e. The fourth-order valence-electron chi connectivity index (χ4n) is 3.14. The molecule has 24 heavy (non-hydrogen) atoms. The van der Waals surface area contributed by atoms with Crippen LogP contribution < -0.4 is 4.90 Å². The average molecular weight is 329 g/mol. The summed E-state index contributed by atoms with van der Waals surface area (Å²) in [5.74, 6) is 0.0818. The third-order valence-electron chi connectivity index (χ3n) is 4.43. The number of hydrogen-bond donors (Lipinski definition) is 1. The van der Waals surface area contributed by atoms with Gasteiger partial charge in [0.15, 0.2) is 5.58 Å². The molecule has 1 amide bonds. The lowest BCUT2D eigenvalue weighted by Crippen LogP contribution is -2.43. The zero-order valence-corrected chi connectivity index (χ0v) is 13.7. The molecule has 1 aromatic carbocycles. The van der Waals surface area contributed by atoms with Crippen LogP contribution in [0.2, 0.25) is 0 Å². The fourth-order valence-corrected chi connectivity index (χ4v) is 3.14. The van der Waals surface area contributed by atoms with Crippen molar-refractivity contribution >= 4 is 23.0 Å². The number of nitrogens with zero attached hydrogens (tertiary/aromatic N) is 3. The molecule has 6 heteroatoms. The molecule has 2 aromatic rings. The smallest absolute Gasteiger partial charge is 0.298 e. The molecule has 2 heterocycles. The monoisotopic (exact) mass is 329 g/mol. The summed E-state index contributed by atoms with van der Waals surface area (Å²) in [6.45, 7) is 5.97. The van der Waals surface area contributed by atoms with Crippen LogP contribution in [-0.4, -0.2) is 53.7 Å². The van der Waals surface area contributed by atoms with E-state index in [2.05, 4.69) is 16.5 Å². The van der Waals surface area contributed by atoms with E-state index in [4.69, 9.17) is 9.52 Å². The van der Waals surface area contributed by atoms with Gasteiger partial charge < -0.3 is 19.3 Å². The molecule has 0 unspecified atom stereocenters. The predicted molar refractivity (Wildman–Crippen MR) is 92.8 cm³/mol. The van der Waals surface area contributed by atoms with Gasteiger partial charge in [0.1, 0.15) is 5.52 Å². The van der Waals surface area contributed by atoms with Crippen LogP contribution in [-0.2, 0) is 4.79 Å². The lowest BCUT2D eigenvalue weighted by atomic mass is 9.95. The third-order valence-corrected chi connectivity index (χ3v) is 4.43. The quantitative estimate of drug-likeness (QED) is 0.822. The first kappa shape index (κ1) is 16.5. The standard InChI is InChI=1S/C18H23N3O3/c1-2-9-20(12-13-22)17(23)14-7-10-21(11-8-14)18-19-15-5-3-4-6-16(15)24-18/h2-6,14,22H,1,7-13H2. The minimum atomic E-state index is -0.0265. The average Bonchev–Trinajstić information content (AvgIpc) is 3.05. The number of aliphatic hydroxyl groups is 1. The number of carbonyl (C=O) groups is 1. The van der Waals surface area contributed by atoms with E-state index < -0.39 is 0 Å². The van der Waals surface area contributed by atoms with Gasteiger partial charge in [0.2, 0.25) is 5.91 Å². The number of benzene rings is 1. The number of aromatic nitrogens is 1. The van der Waals surface area contributed by atoms with Crippen LogP contribution in [0.4, 0.5) is 6.01 Å². The number of hydrogen-bond acceptors (Lipinski definition) is 5. The van der Waals surface area contributed by atoms with Crippen LogP contribution in [0.1, 0.15) is 12.8 Å². The van der Waals surface area contributed by atoms with Crippen molar-refractivity contribution < 1.29 is 14.3 Å². The van der Waals surface area contributed by atoms with Crippen LogP contribution in [0.3, 0.4) is 0 Å². The molecule has 128 valence electrons. The fraction of sp³-hybridized carbons (Fsp3) is 0.444. The largest absolute Gasteiger partial charge is 0.423 e. The van der Waals surface area contributed by atoms with Gasteiger partial charge >= 0.3 is 0 Å². The van der Waals surface area contributed by atoms with Crippen molar-refractivity contribution in [1.82, 2.24) is 9.88 Å². The Bertz CT molecular complexity index is 671. The van der Waals surface area contributed by atoms with Gasteiger partial charge in [-0.05, 0) is 25.0 Å². The summed E-state index contributed by atoms with van der Waals surface area (Å²) in [6.07, 6.45) is 3.22. The second kappa shape index (κ2) is 7.49. The summed E-state index contributed by atoms with van der Waals surface area (Å²) < 4.78 is 5.80. The van der Waals surface area contributed by atoms with E-state index in [1.165, 1.54) is 0 Å². The van der Waals surface area contributed by atoms with Gasteiger partial charge in [-0.25, -0.2) is 0 Å². The van der Waals surface area contributed by atoms with E-state index >= 15 is 0 Å². The maximum atomic E-state index is 12.6. The van der Waals surface area contributed by atoms with Crippen LogP contribution in [0, 0.1) is 5.92 Å². The Labute approximate surface area is 141 Å². The van der Waals surface area contributed by atoms with Gasteiger partial charge in [-0.2, -0.15) is 4.98 Å². The molecule has 0 saturated carbocycles. The van der Waals surface area contributed by atoms with Crippen molar-refractivity contribution in [3.05, 3.63) is 36.9 Å². The predicted octanol–water partition coefficient (Wildman–Crippen LogP) is 2.05. The molecule has 0 radical (unpaired) electrons. The van der Waals surface area contributed by atoms with Crippen LogP contribution in [0.5, 0.6) is 0 Å². The molecule has 1 fully saturated rings. The molecule has 1 saturated heterocycles. The summed E-state index contributed by atoms with van der Waals surface area (Å²) in [7, 11) is 0. The van der Waals surface area contributed by atoms with E-state index in [1.807, 2.05) is 24.3 Å². The SMILES string of the molecule is C=CCN(CCO)C(=O)C1CCN(c2nc3ccccc3o2)CC1. The van der Waals surface area contributed by atoms with Gasteiger partial charge in [0.25, 0.3) is 6.01 Å². The number of carbonyl (C=O) groups excluding carboxylic acids is 1. The topological polar surface area (TPSA) is 69.8 Å². The molecule has 1 aromatic heterocycles. The summed E-state index contributed by atoms with van der Waals surface area (Å²) in [5, 5.41) is 9.11. The highest BCUT2D eigenvalue weighted by atomic mass is 16.4. The van der Waals surface area contributed by atoms with E-state index in [9.17, 15) is 4.79 Å². The highest BCUT2D eigenvalue weighted by Crippen LogP contribution is 2.27. The van der Waals surface area contributed by atoms with Gasteiger partial charge in [-0.1, -0.05) is 18.2 Å². The molecule has 0 atom stereocenters.